The number of ether oxygens (including phenoxy) is 2. The van der Waals surface area contributed by atoms with E-state index in [9.17, 15) is 9.18 Å². The lowest BCUT2D eigenvalue weighted by atomic mass is 10.2. The largest absolute Gasteiger partial charge is 0.457 e. The summed E-state index contributed by atoms with van der Waals surface area (Å²) >= 11 is 0. The average Bonchev–Trinajstić information content (AvgIpc) is 2.18. The van der Waals surface area contributed by atoms with Crippen molar-refractivity contribution in [3.63, 3.8) is 0 Å². The van der Waals surface area contributed by atoms with E-state index in [1.165, 1.54) is 25.3 Å². The number of benzene rings is 1. The third-order valence-electron chi connectivity index (χ3n) is 1.80. The van der Waals surface area contributed by atoms with Crippen molar-refractivity contribution in [2.75, 3.05) is 13.7 Å². The molecular formula is C11H13FO3. The van der Waals surface area contributed by atoms with E-state index in [0.29, 0.717) is 6.61 Å². The first-order chi connectivity index (χ1) is 7.15. The Kier molecular flexibility index (Phi) is 4.24. The second-order valence-corrected chi connectivity index (χ2v) is 3.15. The maximum Gasteiger partial charge on any atom is 0.341 e. The Morgan fingerprint density at radius 1 is 1.47 bits per heavy atom. The molecule has 1 unspecified atom stereocenters. The van der Waals surface area contributed by atoms with E-state index in [4.69, 9.17) is 9.47 Å². The van der Waals surface area contributed by atoms with Gasteiger partial charge in [0.2, 0.25) is 0 Å². The highest BCUT2D eigenvalue weighted by Gasteiger charge is 2.15. The van der Waals surface area contributed by atoms with Crippen LogP contribution in [-0.4, -0.2) is 25.8 Å². The lowest BCUT2D eigenvalue weighted by molar-refractivity contribution is 0.0116. The standard InChI is InChI=1S/C11H13FO3/c1-8(7-14-2)15-11(13)9-5-3-4-6-10(9)12/h3-6,8H,7H2,1-2H3. The van der Waals surface area contributed by atoms with Crippen molar-refractivity contribution in [1.82, 2.24) is 0 Å². The van der Waals surface area contributed by atoms with Crippen molar-refractivity contribution >= 4 is 5.97 Å². The van der Waals surface area contributed by atoms with Crippen molar-refractivity contribution in [3.05, 3.63) is 35.6 Å². The second-order valence-electron chi connectivity index (χ2n) is 3.15. The van der Waals surface area contributed by atoms with Crippen LogP contribution in [0, 0.1) is 5.82 Å². The number of esters is 1. The molecule has 3 nitrogen and oxygen atoms in total. The van der Waals surface area contributed by atoms with Crippen LogP contribution in [0.1, 0.15) is 17.3 Å². The monoisotopic (exact) mass is 212 g/mol. The van der Waals surface area contributed by atoms with E-state index in [2.05, 4.69) is 0 Å². The van der Waals surface area contributed by atoms with Gasteiger partial charge in [0, 0.05) is 7.11 Å². The highest BCUT2D eigenvalue weighted by Crippen LogP contribution is 2.09. The molecule has 0 saturated heterocycles. The van der Waals surface area contributed by atoms with Crippen molar-refractivity contribution in [1.29, 1.82) is 0 Å². The topological polar surface area (TPSA) is 35.5 Å². The molecule has 1 atom stereocenters. The third kappa shape index (κ3) is 3.32. The fourth-order valence-corrected chi connectivity index (χ4v) is 1.14. The molecule has 0 fully saturated rings. The minimum absolute atomic E-state index is 0.0551. The Morgan fingerprint density at radius 3 is 2.73 bits per heavy atom. The van der Waals surface area contributed by atoms with Gasteiger partial charge in [-0.25, -0.2) is 9.18 Å². The summed E-state index contributed by atoms with van der Waals surface area (Å²) in [5.74, 6) is -1.25. The fraction of sp³-hybridized carbons (Fsp3) is 0.364. The van der Waals surface area contributed by atoms with Gasteiger partial charge in [-0.05, 0) is 19.1 Å². The van der Waals surface area contributed by atoms with Gasteiger partial charge in [0.05, 0.1) is 12.2 Å². The zero-order chi connectivity index (χ0) is 11.3. The maximum absolute atomic E-state index is 13.1. The van der Waals surface area contributed by atoms with Gasteiger partial charge in [0.15, 0.2) is 0 Å². The van der Waals surface area contributed by atoms with Crippen LogP contribution in [0.2, 0.25) is 0 Å². The summed E-state index contributed by atoms with van der Waals surface area (Å²) in [7, 11) is 1.51. The number of hydrogen-bond donors (Lipinski definition) is 0. The summed E-state index contributed by atoms with van der Waals surface area (Å²) in [5, 5.41) is 0. The number of halogens is 1. The van der Waals surface area contributed by atoms with Gasteiger partial charge in [0.25, 0.3) is 0 Å². The first kappa shape index (κ1) is 11.7. The molecule has 4 heteroatoms. The molecule has 0 N–H and O–H groups in total. The molecule has 0 aliphatic carbocycles. The smallest absolute Gasteiger partial charge is 0.341 e. The number of rotatable bonds is 4. The molecular weight excluding hydrogens is 199 g/mol. The molecule has 0 radical (unpaired) electrons. The minimum atomic E-state index is -0.669. The van der Waals surface area contributed by atoms with Crippen LogP contribution in [0.25, 0.3) is 0 Å². The third-order valence-corrected chi connectivity index (χ3v) is 1.80. The Hall–Kier alpha value is -1.42. The summed E-state index contributed by atoms with van der Waals surface area (Å²) < 4.78 is 22.9. The van der Waals surface area contributed by atoms with Crippen molar-refractivity contribution < 1.29 is 18.7 Å². The van der Waals surface area contributed by atoms with Crippen molar-refractivity contribution in [2.45, 2.75) is 13.0 Å². The van der Waals surface area contributed by atoms with E-state index in [-0.39, 0.29) is 11.7 Å². The molecule has 0 heterocycles. The van der Waals surface area contributed by atoms with Crippen molar-refractivity contribution in [3.8, 4) is 0 Å². The van der Waals surface area contributed by atoms with E-state index in [1.54, 1.807) is 13.0 Å². The predicted octanol–water partition coefficient (Wildman–Crippen LogP) is 2.02. The van der Waals surface area contributed by atoms with Crippen LogP contribution < -0.4 is 0 Å². The molecule has 0 aliphatic rings. The number of hydrogen-bond acceptors (Lipinski definition) is 3. The van der Waals surface area contributed by atoms with Gasteiger partial charge in [-0.2, -0.15) is 0 Å². The second kappa shape index (κ2) is 5.46. The molecule has 82 valence electrons. The van der Waals surface area contributed by atoms with Gasteiger partial charge in [-0.15, -0.1) is 0 Å². The zero-order valence-corrected chi connectivity index (χ0v) is 8.70. The molecule has 0 spiro atoms. The molecule has 1 aromatic carbocycles. The molecule has 0 saturated carbocycles. The van der Waals surface area contributed by atoms with Crippen LogP contribution in [-0.2, 0) is 9.47 Å². The summed E-state index contributed by atoms with van der Waals surface area (Å²) in [6.45, 7) is 1.97. The highest BCUT2D eigenvalue weighted by molar-refractivity contribution is 5.89. The van der Waals surface area contributed by atoms with Crippen molar-refractivity contribution in [2.24, 2.45) is 0 Å². The Balaban J connectivity index is 2.65. The van der Waals surface area contributed by atoms with Crippen LogP contribution in [0.3, 0.4) is 0 Å². The first-order valence-electron chi connectivity index (χ1n) is 4.59. The van der Waals surface area contributed by atoms with Gasteiger partial charge in [-0.3, -0.25) is 0 Å². The minimum Gasteiger partial charge on any atom is -0.457 e. The summed E-state index contributed by atoms with van der Waals surface area (Å²) in [5.41, 5.74) is -0.0551. The lowest BCUT2D eigenvalue weighted by Gasteiger charge is -2.12. The van der Waals surface area contributed by atoms with Crippen LogP contribution >= 0.6 is 0 Å². The van der Waals surface area contributed by atoms with Crippen LogP contribution in [0.5, 0.6) is 0 Å². The molecule has 0 bridgehead atoms. The molecule has 15 heavy (non-hydrogen) atoms. The van der Waals surface area contributed by atoms with E-state index in [1.807, 2.05) is 0 Å². The van der Waals surface area contributed by atoms with Gasteiger partial charge >= 0.3 is 5.97 Å². The summed E-state index contributed by atoms with van der Waals surface area (Å²) in [4.78, 5) is 11.4. The predicted molar refractivity (Wildman–Crippen MR) is 53.2 cm³/mol. The normalized spacial score (nSPS) is 12.2. The first-order valence-corrected chi connectivity index (χ1v) is 4.59. The van der Waals surface area contributed by atoms with Gasteiger partial charge in [0.1, 0.15) is 11.9 Å². The number of carbonyl (C=O) groups excluding carboxylic acids is 1. The SMILES string of the molecule is COCC(C)OC(=O)c1ccccc1F. The average molecular weight is 212 g/mol. The van der Waals surface area contributed by atoms with E-state index in [0.717, 1.165) is 0 Å². The summed E-state index contributed by atoms with van der Waals surface area (Å²) in [6.07, 6.45) is -0.387. The Labute approximate surface area is 87.8 Å². The number of carbonyl (C=O) groups is 1. The van der Waals surface area contributed by atoms with Crippen LogP contribution in [0.4, 0.5) is 4.39 Å². The molecule has 0 aromatic heterocycles. The highest BCUT2D eigenvalue weighted by atomic mass is 19.1. The molecule has 1 aromatic rings. The van der Waals surface area contributed by atoms with Crippen LogP contribution in [0.15, 0.2) is 24.3 Å². The molecule has 0 amide bonds. The zero-order valence-electron chi connectivity index (χ0n) is 8.70. The maximum atomic E-state index is 13.1. The van der Waals surface area contributed by atoms with E-state index >= 15 is 0 Å². The quantitative estimate of drug-likeness (QED) is 0.716. The number of methoxy groups -OCH3 is 1. The van der Waals surface area contributed by atoms with Gasteiger partial charge < -0.3 is 9.47 Å². The lowest BCUT2D eigenvalue weighted by Crippen LogP contribution is -2.20. The Bertz CT molecular complexity index is 338. The fourth-order valence-electron chi connectivity index (χ4n) is 1.14. The summed E-state index contributed by atoms with van der Waals surface area (Å²) in [6, 6.07) is 5.71. The van der Waals surface area contributed by atoms with Gasteiger partial charge in [-0.1, -0.05) is 12.1 Å². The van der Waals surface area contributed by atoms with E-state index < -0.39 is 11.8 Å². The molecule has 1 rings (SSSR count). The Morgan fingerprint density at radius 2 is 2.13 bits per heavy atom. The molecule has 0 aliphatic heterocycles.